The predicted octanol–water partition coefficient (Wildman–Crippen LogP) is 3.32. The van der Waals surface area contributed by atoms with E-state index in [2.05, 4.69) is 10.3 Å². The van der Waals surface area contributed by atoms with E-state index in [0.29, 0.717) is 36.4 Å². The normalized spacial score (nSPS) is 19.3. The van der Waals surface area contributed by atoms with Gasteiger partial charge in [-0.3, -0.25) is 14.6 Å². The SMILES string of the molecule is O=C(CN1C[C@H](c2ccccc2)CC1=O)NC[C@@H]1Cc2cc(F)cc(-c3ccccn3)c2O1. The van der Waals surface area contributed by atoms with E-state index in [0.717, 1.165) is 11.1 Å². The number of halogens is 1. The van der Waals surface area contributed by atoms with Crippen molar-refractivity contribution in [2.75, 3.05) is 19.6 Å². The summed E-state index contributed by atoms with van der Waals surface area (Å²) in [6, 6.07) is 18.2. The molecule has 6 nitrogen and oxygen atoms in total. The second-order valence-electron chi connectivity index (χ2n) is 8.49. The minimum Gasteiger partial charge on any atom is -0.487 e. The summed E-state index contributed by atoms with van der Waals surface area (Å²) >= 11 is 0. The van der Waals surface area contributed by atoms with Gasteiger partial charge in [-0.25, -0.2) is 4.39 Å². The average Bonchev–Trinajstić information content (AvgIpc) is 3.41. The van der Waals surface area contributed by atoms with Gasteiger partial charge in [0, 0.05) is 42.6 Å². The quantitative estimate of drug-likeness (QED) is 0.632. The fourth-order valence-electron chi connectivity index (χ4n) is 4.55. The Hall–Kier alpha value is -3.74. The van der Waals surface area contributed by atoms with Gasteiger partial charge in [-0.15, -0.1) is 0 Å². The van der Waals surface area contributed by atoms with Gasteiger partial charge in [0.25, 0.3) is 0 Å². The number of carbonyl (C=O) groups is 2. The highest BCUT2D eigenvalue weighted by Crippen LogP contribution is 2.38. The monoisotopic (exact) mass is 445 g/mol. The van der Waals surface area contributed by atoms with Crippen LogP contribution in [-0.4, -0.2) is 47.4 Å². The minimum absolute atomic E-state index is 0.0148. The molecule has 5 rings (SSSR count). The van der Waals surface area contributed by atoms with Gasteiger partial charge in [0.05, 0.1) is 18.8 Å². The summed E-state index contributed by atoms with van der Waals surface area (Å²) in [7, 11) is 0. The van der Waals surface area contributed by atoms with E-state index in [4.69, 9.17) is 4.74 Å². The number of hydrogen-bond acceptors (Lipinski definition) is 4. The van der Waals surface area contributed by atoms with Gasteiger partial charge in [0.2, 0.25) is 11.8 Å². The molecule has 1 N–H and O–H groups in total. The number of pyridine rings is 1. The van der Waals surface area contributed by atoms with Crippen LogP contribution >= 0.6 is 0 Å². The van der Waals surface area contributed by atoms with Gasteiger partial charge in [-0.2, -0.15) is 0 Å². The maximum absolute atomic E-state index is 14.2. The number of nitrogens with one attached hydrogen (secondary N) is 1. The zero-order valence-electron chi connectivity index (χ0n) is 18.0. The predicted molar refractivity (Wildman–Crippen MR) is 121 cm³/mol. The molecule has 2 atom stereocenters. The topological polar surface area (TPSA) is 71.5 Å². The highest BCUT2D eigenvalue weighted by Gasteiger charge is 2.32. The summed E-state index contributed by atoms with van der Waals surface area (Å²) in [5.74, 6) is 0.129. The van der Waals surface area contributed by atoms with Crippen LogP contribution in [0, 0.1) is 5.82 Å². The Kier molecular flexibility index (Phi) is 5.77. The first-order valence-corrected chi connectivity index (χ1v) is 11.1. The number of likely N-dealkylation sites (tertiary alicyclic amines) is 1. The van der Waals surface area contributed by atoms with Crippen LogP contribution in [0.3, 0.4) is 0 Å². The van der Waals surface area contributed by atoms with Crippen molar-refractivity contribution in [1.82, 2.24) is 15.2 Å². The van der Waals surface area contributed by atoms with Gasteiger partial charge in [-0.05, 0) is 29.8 Å². The summed E-state index contributed by atoms with van der Waals surface area (Å²) in [4.78, 5) is 30.8. The fourth-order valence-corrected chi connectivity index (χ4v) is 4.55. The van der Waals surface area contributed by atoms with E-state index in [-0.39, 0.29) is 42.7 Å². The molecule has 2 aliphatic heterocycles. The molecule has 33 heavy (non-hydrogen) atoms. The van der Waals surface area contributed by atoms with Crippen LogP contribution in [0.15, 0.2) is 66.9 Å². The van der Waals surface area contributed by atoms with E-state index in [1.165, 1.54) is 12.1 Å². The van der Waals surface area contributed by atoms with E-state index in [1.54, 1.807) is 17.2 Å². The van der Waals surface area contributed by atoms with Gasteiger partial charge >= 0.3 is 0 Å². The van der Waals surface area contributed by atoms with Crippen molar-refractivity contribution in [2.24, 2.45) is 0 Å². The van der Waals surface area contributed by atoms with Crippen LogP contribution < -0.4 is 10.1 Å². The molecule has 3 aromatic rings. The second kappa shape index (κ2) is 9.02. The van der Waals surface area contributed by atoms with Crippen LogP contribution in [0.4, 0.5) is 4.39 Å². The summed E-state index contributed by atoms with van der Waals surface area (Å²) in [5, 5.41) is 2.87. The van der Waals surface area contributed by atoms with E-state index in [9.17, 15) is 14.0 Å². The number of nitrogens with zero attached hydrogens (tertiary/aromatic N) is 2. The van der Waals surface area contributed by atoms with Crippen molar-refractivity contribution in [1.29, 1.82) is 0 Å². The lowest BCUT2D eigenvalue weighted by atomic mass is 9.99. The van der Waals surface area contributed by atoms with E-state index < -0.39 is 0 Å². The third-order valence-electron chi connectivity index (χ3n) is 6.15. The summed E-state index contributed by atoms with van der Waals surface area (Å²) < 4.78 is 20.2. The molecule has 168 valence electrons. The Bertz CT molecular complexity index is 1170. The molecule has 0 saturated carbocycles. The van der Waals surface area contributed by atoms with Gasteiger partial charge in [-0.1, -0.05) is 36.4 Å². The Labute approximate surface area is 191 Å². The number of aromatic nitrogens is 1. The molecule has 7 heteroatoms. The highest BCUT2D eigenvalue weighted by molar-refractivity contribution is 5.86. The largest absolute Gasteiger partial charge is 0.487 e. The first-order valence-electron chi connectivity index (χ1n) is 11.1. The molecule has 0 spiro atoms. The fraction of sp³-hybridized carbons (Fsp3) is 0.269. The molecule has 2 aliphatic rings. The molecular formula is C26H24FN3O3. The Morgan fingerprint density at radius 3 is 2.73 bits per heavy atom. The van der Waals surface area contributed by atoms with Crippen LogP contribution in [0.5, 0.6) is 5.75 Å². The van der Waals surface area contributed by atoms with E-state index >= 15 is 0 Å². The van der Waals surface area contributed by atoms with Crippen molar-refractivity contribution in [3.05, 3.63) is 83.8 Å². The first-order chi connectivity index (χ1) is 16.1. The molecule has 0 radical (unpaired) electrons. The molecular weight excluding hydrogens is 421 g/mol. The molecule has 1 saturated heterocycles. The molecule has 1 aromatic heterocycles. The number of ether oxygens (including phenoxy) is 1. The van der Waals surface area contributed by atoms with Crippen LogP contribution in [0.2, 0.25) is 0 Å². The molecule has 2 amide bonds. The zero-order chi connectivity index (χ0) is 22.8. The molecule has 0 aliphatic carbocycles. The smallest absolute Gasteiger partial charge is 0.239 e. The molecule has 3 heterocycles. The number of fused-ring (bicyclic) bond motifs is 1. The van der Waals surface area contributed by atoms with Crippen molar-refractivity contribution in [3.8, 4) is 17.0 Å². The zero-order valence-corrected chi connectivity index (χ0v) is 18.0. The number of rotatable bonds is 6. The Morgan fingerprint density at radius 1 is 1.12 bits per heavy atom. The highest BCUT2D eigenvalue weighted by atomic mass is 19.1. The van der Waals surface area contributed by atoms with Crippen LogP contribution in [0.25, 0.3) is 11.3 Å². The van der Waals surface area contributed by atoms with Crippen LogP contribution in [-0.2, 0) is 16.0 Å². The van der Waals surface area contributed by atoms with Crippen molar-refractivity contribution < 1.29 is 18.7 Å². The van der Waals surface area contributed by atoms with Crippen molar-refractivity contribution >= 4 is 11.8 Å². The van der Waals surface area contributed by atoms with E-state index in [1.807, 2.05) is 42.5 Å². The van der Waals surface area contributed by atoms with Gasteiger partial charge in [0.15, 0.2) is 0 Å². The lowest BCUT2D eigenvalue weighted by molar-refractivity contribution is -0.133. The standard InChI is InChI=1S/C26H24FN3O3/c27-20-10-18-11-21(33-26(18)22(13-20)23-8-4-5-9-28-23)14-29-24(31)16-30-15-19(12-25(30)32)17-6-2-1-3-7-17/h1-10,13,19,21H,11-12,14-16H2,(H,29,31)/t19-,21+/m1/s1. The summed E-state index contributed by atoms with van der Waals surface area (Å²) in [6.45, 7) is 0.838. The molecule has 0 bridgehead atoms. The van der Waals surface area contributed by atoms with Gasteiger partial charge in [0.1, 0.15) is 17.7 Å². The number of carbonyl (C=O) groups excluding carboxylic acids is 2. The lowest BCUT2D eigenvalue weighted by Gasteiger charge is -2.18. The third-order valence-corrected chi connectivity index (χ3v) is 6.15. The number of hydrogen-bond donors (Lipinski definition) is 1. The second-order valence-corrected chi connectivity index (χ2v) is 8.49. The maximum atomic E-state index is 14.2. The van der Waals surface area contributed by atoms with Crippen LogP contribution in [0.1, 0.15) is 23.5 Å². The minimum atomic E-state index is -0.344. The molecule has 0 unspecified atom stereocenters. The summed E-state index contributed by atoms with van der Waals surface area (Å²) in [5.41, 5.74) is 3.12. The maximum Gasteiger partial charge on any atom is 0.239 e. The Balaban J connectivity index is 1.18. The van der Waals surface area contributed by atoms with Crippen molar-refractivity contribution in [2.45, 2.75) is 24.9 Å². The van der Waals surface area contributed by atoms with Crippen molar-refractivity contribution in [3.63, 3.8) is 0 Å². The molecule has 1 fully saturated rings. The van der Waals surface area contributed by atoms with Gasteiger partial charge < -0.3 is 15.0 Å². The lowest BCUT2D eigenvalue weighted by Crippen LogP contribution is -2.41. The first kappa shape index (κ1) is 21.1. The molecule has 2 aromatic carbocycles. The summed E-state index contributed by atoms with van der Waals surface area (Å²) in [6.07, 6.45) is 2.26. The third kappa shape index (κ3) is 4.58. The average molecular weight is 445 g/mol. The Morgan fingerprint density at radius 2 is 1.94 bits per heavy atom. The number of benzene rings is 2. The number of amides is 2.